The molecule has 1 aliphatic heterocycles. The summed E-state index contributed by atoms with van der Waals surface area (Å²) in [5, 5.41) is 0.845. The van der Waals surface area contributed by atoms with Gasteiger partial charge in [0, 0.05) is 41.5 Å². The molecule has 1 saturated heterocycles. The van der Waals surface area contributed by atoms with E-state index in [1.54, 1.807) is 18.2 Å². The van der Waals surface area contributed by atoms with Gasteiger partial charge in [-0.05, 0) is 95.5 Å². The molecule has 1 N–H and O–H groups in total. The predicted octanol–water partition coefficient (Wildman–Crippen LogP) is 6.92. The van der Waals surface area contributed by atoms with E-state index < -0.39 is 21.5 Å². The minimum atomic E-state index is -4.17. The van der Waals surface area contributed by atoms with Gasteiger partial charge in [0.25, 0.3) is 15.9 Å². The van der Waals surface area contributed by atoms with Crippen LogP contribution in [-0.4, -0.2) is 52.6 Å². The fourth-order valence-electron chi connectivity index (χ4n) is 5.55. The van der Waals surface area contributed by atoms with E-state index in [9.17, 15) is 18.0 Å². The van der Waals surface area contributed by atoms with Crippen LogP contribution in [0.5, 0.6) is 0 Å². The topological polar surface area (TPSA) is 111 Å². The van der Waals surface area contributed by atoms with Crippen LogP contribution in [0.3, 0.4) is 0 Å². The SMILES string of the molecule is CC(C)(C)OC(=O)N1C[C@@H](CCCn2ccc3ccc(S(=O)(=O)NC(=O)c4ccc(C(C)(C)C)nc4Cl)cc32)CC1(C)C. The third kappa shape index (κ3) is 7.70. The molecule has 0 saturated carbocycles. The van der Waals surface area contributed by atoms with E-state index in [0.29, 0.717) is 24.7 Å². The molecule has 2 aromatic heterocycles. The average Bonchev–Trinajstić information content (AvgIpc) is 3.41. The van der Waals surface area contributed by atoms with Crippen LogP contribution in [0.1, 0.15) is 90.7 Å². The second-order valence-corrected chi connectivity index (χ2v) is 16.1. The summed E-state index contributed by atoms with van der Waals surface area (Å²) in [7, 11) is -4.17. The Morgan fingerprint density at radius 3 is 2.42 bits per heavy atom. The van der Waals surface area contributed by atoms with Crippen molar-refractivity contribution in [2.75, 3.05) is 6.54 Å². The van der Waals surface area contributed by atoms with Crippen LogP contribution in [-0.2, 0) is 26.7 Å². The van der Waals surface area contributed by atoms with E-state index in [0.717, 1.165) is 30.2 Å². The zero-order chi connectivity index (χ0) is 32.0. The lowest BCUT2D eigenvalue weighted by atomic mass is 9.91. The van der Waals surface area contributed by atoms with E-state index in [1.165, 1.54) is 12.1 Å². The number of likely N-dealkylation sites (tertiary alicyclic amines) is 1. The Hall–Kier alpha value is -3.11. The number of hydrogen-bond donors (Lipinski definition) is 1. The van der Waals surface area contributed by atoms with Gasteiger partial charge in [0.15, 0.2) is 0 Å². The number of nitrogens with one attached hydrogen (secondary N) is 1. The maximum Gasteiger partial charge on any atom is 0.410 e. The number of aromatic nitrogens is 2. The molecule has 1 aromatic carbocycles. The molecule has 0 radical (unpaired) electrons. The molecule has 3 heterocycles. The number of aryl methyl sites for hydroxylation is 1. The molecule has 1 aliphatic rings. The molecule has 0 unspecified atom stereocenters. The maximum atomic E-state index is 13.2. The molecule has 1 fully saturated rings. The highest BCUT2D eigenvalue weighted by Gasteiger charge is 2.42. The molecule has 11 heteroatoms. The van der Waals surface area contributed by atoms with Crippen LogP contribution >= 0.6 is 11.6 Å². The number of pyridine rings is 1. The van der Waals surface area contributed by atoms with E-state index in [4.69, 9.17) is 16.3 Å². The number of benzene rings is 1. The number of amides is 2. The summed E-state index contributed by atoms with van der Waals surface area (Å²) >= 11 is 6.25. The number of carbonyl (C=O) groups is 2. The van der Waals surface area contributed by atoms with Crippen LogP contribution < -0.4 is 4.72 Å². The van der Waals surface area contributed by atoms with Gasteiger partial charge in [-0.15, -0.1) is 0 Å². The van der Waals surface area contributed by atoms with Crippen molar-refractivity contribution in [1.29, 1.82) is 0 Å². The van der Waals surface area contributed by atoms with Crippen LogP contribution in [0.2, 0.25) is 5.15 Å². The van der Waals surface area contributed by atoms with Gasteiger partial charge >= 0.3 is 6.09 Å². The number of sulfonamides is 1. The fraction of sp³-hybridized carbons (Fsp3) is 0.531. The first-order chi connectivity index (χ1) is 19.8. The van der Waals surface area contributed by atoms with E-state index in [-0.39, 0.29) is 32.7 Å². The highest BCUT2D eigenvalue weighted by Crippen LogP contribution is 2.36. The zero-order valence-electron chi connectivity index (χ0n) is 26.3. The summed E-state index contributed by atoms with van der Waals surface area (Å²) in [6, 6.07) is 9.90. The number of carbonyl (C=O) groups excluding carboxylic acids is 2. The Morgan fingerprint density at radius 1 is 1.09 bits per heavy atom. The summed E-state index contributed by atoms with van der Waals surface area (Å²) in [5.74, 6) is -0.498. The number of hydrogen-bond acceptors (Lipinski definition) is 6. The van der Waals surface area contributed by atoms with Crippen LogP contribution in [0.15, 0.2) is 47.5 Å². The minimum absolute atomic E-state index is 0.0111. The fourth-order valence-corrected chi connectivity index (χ4v) is 6.78. The van der Waals surface area contributed by atoms with E-state index in [1.807, 2.05) is 63.3 Å². The van der Waals surface area contributed by atoms with Crippen molar-refractivity contribution in [3.63, 3.8) is 0 Å². The Balaban J connectivity index is 1.42. The first-order valence-corrected chi connectivity index (χ1v) is 16.5. The normalized spacial score (nSPS) is 17.3. The first-order valence-electron chi connectivity index (χ1n) is 14.6. The number of rotatable bonds is 7. The first kappa shape index (κ1) is 32.8. The number of halogens is 1. The quantitative estimate of drug-likeness (QED) is 0.284. The summed E-state index contributed by atoms with van der Waals surface area (Å²) in [4.78, 5) is 31.8. The highest BCUT2D eigenvalue weighted by atomic mass is 35.5. The molecule has 43 heavy (non-hydrogen) atoms. The Labute approximate surface area is 260 Å². The van der Waals surface area contributed by atoms with E-state index in [2.05, 4.69) is 23.6 Å². The van der Waals surface area contributed by atoms with Gasteiger partial charge in [-0.3, -0.25) is 4.79 Å². The molecule has 3 aromatic rings. The van der Waals surface area contributed by atoms with Gasteiger partial charge in [0.05, 0.1) is 10.5 Å². The van der Waals surface area contributed by atoms with Crippen LogP contribution in [0.4, 0.5) is 4.79 Å². The third-order valence-corrected chi connectivity index (χ3v) is 9.35. The van der Waals surface area contributed by atoms with Crippen LogP contribution in [0, 0.1) is 5.92 Å². The smallest absolute Gasteiger partial charge is 0.410 e. The van der Waals surface area contributed by atoms with Crippen molar-refractivity contribution in [2.24, 2.45) is 5.92 Å². The lowest BCUT2D eigenvalue weighted by Gasteiger charge is -2.33. The molecule has 0 bridgehead atoms. The zero-order valence-corrected chi connectivity index (χ0v) is 27.9. The summed E-state index contributed by atoms with van der Waals surface area (Å²) in [6.07, 6.45) is 4.32. The van der Waals surface area contributed by atoms with Gasteiger partial charge < -0.3 is 14.2 Å². The molecule has 4 rings (SSSR count). The number of nitrogens with zero attached hydrogens (tertiary/aromatic N) is 3. The number of fused-ring (bicyclic) bond motifs is 1. The molecule has 1 atom stereocenters. The standard InChI is InChI=1S/C32H43ClN4O5S/c1-30(2,3)26-14-13-24(27(33)34-26)28(38)35-43(40,41)23-12-11-22-15-17-36(25(22)18-23)16-9-10-21-19-32(7,8)37(20-21)29(39)42-31(4,5)6/h11-15,17-18,21H,9-10,16,19-20H2,1-8H3,(H,35,38)/t21-/m0/s1. The van der Waals surface area contributed by atoms with Gasteiger partial charge in [0.2, 0.25) is 0 Å². The molecule has 0 spiro atoms. The summed E-state index contributed by atoms with van der Waals surface area (Å²) < 4.78 is 36.2. The number of ether oxygens (including phenoxy) is 1. The van der Waals surface area contributed by atoms with E-state index >= 15 is 0 Å². The highest BCUT2D eigenvalue weighted by molar-refractivity contribution is 7.90. The van der Waals surface area contributed by atoms with Crippen molar-refractivity contribution in [1.82, 2.24) is 19.2 Å². The van der Waals surface area contributed by atoms with Crippen molar-refractivity contribution in [3.8, 4) is 0 Å². The Morgan fingerprint density at radius 2 is 1.79 bits per heavy atom. The van der Waals surface area contributed by atoms with Crippen molar-refractivity contribution >= 4 is 44.5 Å². The lowest BCUT2D eigenvalue weighted by molar-refractivity contribution is 0.0130. The second kappa shape index (κ2) is 11.8. The largest absolute Gasteiger partial charge is 0.444 e. The molecule has 0 aliphatic carbocycles. The Bertz CT molecular complexity index is 1630. The monoisotopic (exact) mass is 630 g/mol. The molecular weight excluding hydrogens is 588 g/mol. The van der Waals surface area contributed by atoms with Crippen molar-refractivity contribution in [2.45, 2.75) is 103 Å². The van der Waals surface area contributed by atoms with Gasteiger partial charge in [-0.1, -0.05) is 38.4 Å². The summed E-state index contributed by atoms with van der Waals surface area (Å²) in [6.45, 7) is 17.0. The lowest BCUT2D eigenvalue weighted by Crippen LogP contribution is -2.45. The maximum absolute atomic E-state index is 13.2. The second-order valence-electron chi connectivity index (χ2n) is 14.1. The van der Waals surface area contributed by atoms with Crippen molar-refractivity contribution < 1.29 is 22.7 Å². The average molecular weight is 631 g/mol. The van der Waals surface area contributed by atoms with Gasteiger partial charge in [-0.2, -0.15) is 0 Å². The molecule has 9 nitrogen and oxygen atoms in total. The molecule has 234 valence electrons. The van der Waals surface area contributed by atoms with Gasteiger partial charge in [-0.25, -0.2) is 22.9 Å². The Kier molecular flexibility index (Phi) is 8.97. The molecular formula is C32H43ClN4O5S. The predicted molar refractivity (Wildman–Crippen MR) is 169 cm³/mol. The third-order valence-electron chi connectivity index (χ3n) is 7.73. The molecule has 2 amide bonds. The van der Waals surface area contributed by atoms with Gasteiger partial charge in [0.1, 0.15) is 10.8 Å². The summed E-state index contributed by atoms with van der Waals surface area (Å²) in [5.41, 5.74) is 0.339. The minimum Gasteiger partial charge on any atom is -0.444 e. The van der Waals surface area contributed by atoms with Crippen molar-refractivity contribution in [3.05, 3.63) is 59.0 Å². The van der Waals surface area contributed by atoms with Crippen LogP contribution in [0.25, 0.3) is 10.9 Å².